The van der Waals surface area contributed by atoms with E-state index in [2.05, 4.69) is 15.3 Å². The van der Waals surface area contributed by atoms with Gasteiger partial charge in [-0.1, -0.05) is 6.07 Å². The first-order chi connectivity index (χ1) is 10.9. The van der Waals surface area contributed by atoms with E-state index in [4.69, 9.17) is 0 Å². The van der Waals surface area contributed by atoms with Crippen LogP contribution in [0.3, 0.4) is 0 Å². The lowest BCUT2D eigenvalue weighted by Gasteiger charge is -2.38. The molecule has 0 saturated carbocycles. The van der Waals surface area contributed by atoms with Gasteiger partial charge in [-0.05, 0) is 32.0 Å². The number of aromatic amines is 1. The number of carbonyl (C=O) groups is 1. The van der Waals surface area contributed by atoms with Crippen LogP contribution in [-0.4, -0.2) is 52.6 Å². The van der Waals surface area contributed by atoms with Gasteiger partial charge in [-0.2, -0.15) is 13.2 Å². The van der Waals surface area contributed by atoms with Crippen molar-refractivity contribution in [2.45, 2.75) is 31.1 Å². The largest absolute Gasteiger partial charge is 0.404 e. The summed E-state index contributed by atoms with van der Waals surface area (Å²) in [5.74, 6) is -0.313. The Morgan fingerprint density at radius 2 is 2.17 bits per heavy atom. The highest BCUT2D eigenvalue weighted by atomic mass is 19.4. The van der Waals surface area contributed by atoms with Gasteiger partial charge in [0.2, 0.25) is 0 Å². The first-order valence-electron chi connectivity index (χ1n) is 7.36. The molecule has 1 aliphatic heterocycles. The van der Waals surface area contributed by atoms with E-state index in [1.165, 1.54) is 18.3 Å². The number of H-pyrrole nitrogens is 1. The van der Waals surface area contributed by atoms with Crippen molar-refractivity contribution >= 4 is 16.9 Å². The summed E-state index contributed by atoms with van der Waals surface area (Å²) in [6.45, 7) is 0.173. The van der Waals surface area contributed by atoms with E-state index in [-0.39, 0.29) is 24.9 Å². The highest BCUT2D eigenvalue weighted by Crippen LogP contribution is 2.31. The predicted octanol–water partition coefficient (Wildman–Crippen LogP) is 2.32. The predicted molar refractivity (Wildman–Crippen MR) is 79.1 cm³/mol. The number of halogens is 3. The monoisotopic (exact) mass is 326 g/mol. The summed E-state index contributed by atoms with van der Waals surface area (Å²) >= 11 is 0. The summed E-state index contributed by atoms with van der Waals surface area (Å²) in [6, 6.07) is 3.46. The number of benzene rings is 1. The molecule has 2 heterocycles. The zero-order valence-corrected chi connectivity index (χ0v) is 12.5. The van der Waals surface area contributed by atoms with E-state index in [1.54, 1.807) is 18.2 Å². The molecule has 0 unspecified atom stereocenters. The Bertz CT molecular complexity index is 712. The molecule has 2 atom stereocenters. The number of alkyl halides is 3. The van der Waals surface area contributed by atoms with Crippen molar-refractivity contribution < 1.29 is 18.0 Å². The lowest BCUT2D eigenvalue weighted by molar-refractivity contribution is -0.188. The number of piperidine rings is 1. The van der Waals surface area contributed by atoms with Gasteiger partial charge in [0, 0.05) is 12.6 Å². The Hall–Kier alpha value is -2.09. The minimum atomic E-state index is -4.23. The number of para-hydroxylation sites is 1. The van der Waals surface area contributed by atoms with Crippen LogP contribution in [0.1, 0.15) is 23.2 Å². The highest BCUT2D eigenvalue weighted by molar-refractivity contribution is 6.04. The van der Waals surface area contributed by atoms with Crippen LogP contribution in [-0.2, 0) is 0 Å². The van der Waals surface area contributed by atoms with E-state index in [9.17, 15) is 18.0 Å². The van der Waals surface area contributed by atoms with E-state index in [1.807, 2.05) is 0 Å². The van der Waals surface area contributed by atoms with Crippen molar-refractivity contribution in [2.24, 2.45) is 0 Å². The van der Waals surface area contributed by atoms with Crippen molar-refractivity contribution in [3.63, 3.8) is 0 Å². The molecule has 8 heteroatoms. The Kier molecular flexibility index (Phi) is 4.01. The molecule has 1 aliphatic rings. The van der Waals surface area contributed by atoms with Crippen molar-refractivity contribution in [2.75, 3.05) is 13.6 Å². The zero-order valence-electron chi connectivity index (χ0n) is 12.5. The maximum Gasteiger partial charge on any atom is 0.404 e. The summed E-state index contributed by atoms with van der Waals surface area (Å²) in [5.41, 5.74) is 1.72. The number of hydrogen-bond donors (Lipinski definition) is 2. The molecule has 124 valence electrons. The van der Waals surface area contributed by atoms with Crippen LogP contribution in [0.4, 0.5) is 13.2 Å². The SMILES string of the molecule is CN1C[C@@H](NC(=O)c2cccc3[nH]cnc23)CC[C@H]1C(F)(F)F. The summed E-state index contributed by atoms with van der Waals surface area (Å²) < 4.78 is 38.5. The molecule has 1 amide bonds. The third kappa shape index (κ3) is 3.17. The van der Waals surface area contributed by atoms with Gasteiger partial charge in [-0.25, -0.2) is 4.98 Å². The van der Waals surface area contributed by atoms with Gasteiger partial charge in [0.05, 0.1) is 17.4 Å². The van der Waals surface area contributed by atoms with Crippen molar-refractivity contribution in [1.82, 2.24) is 20.2 Å². The quantitative estimate of drug-likeness (QED) is 0.890. The highest BCUT2D eigenvalue weighted by Gasteiger charge is 2.44. The fraction of sp³-hybridized carbons (Fsp3) is 0.467. The number of likely N-dealkylation sites (N-methyl/N-ethyl adjacent to an activating group) is 1. The molecule has 23 heavy (non-hydrogen) atoms. The smallest absolute Gasteiger partial charge is 0.348 e. The number of nitrogens with zero attached hydrogens (tertiary/aromatic N) is 2. The van der Waals surface area contributed by atoms with E-state index in [0.29, 0.717) is 17.5 Å². The number of nitrogens with one attached hydrogen (secondary N) is 2. The van der Waals surface area contributed by atoms with Gasteiger partial charge in [0.25, 0.3) is 5.91 Å². The van der Waals surface area contributed by atoms with Crippen LogP contribution in [0.5, 0.6) is 0 Å². The molecule has 1 aromatic heterocycles. The zero-order chi connectivity index (χ0) is 16.6. The minimum absolute atomic E-state index is 0.0163. The fourth-order valence-electron chi connectivity index (χ4n) is 3.09. The number of imidazole rings is 1. The fourth-order valence-corrected chi connectivity index (χ4v) is 3.09. The van der Waals surface area contributed by atoms with Crippen molar-refractivity contribution in [3.8, 4) is 0 Å². The lowest BCUT2D eigenvalue weighted by Crippen LogP contribution is -2.54. The average molecular weight is 326 g/mol. The van der Waals surface area contributed by atoms with Crippen LogP contribution >= 0.6 is 0 Å². The minimum Gasteiger partial charge on any atom is -0.348 e. The first kappa shape index (κ1) is 15.8. The number of fused-ring (bicyclic) bond motifs is 1. The molecule has 0 bridgehead atoms. The van der Waals surface area contributed by atoms with E-state index >= 15 is 0 Å². The second-order valence-corrected chi connectivity index (χ2v) is 5.85. The van der Waals surface area contributed by atoms with Crippen LogP contribution in [0.15, 0.2) is 24.5 Å². The number of hydrogen-bond acceptors (Lipinski definition) is 3. The Morgan fingerprint density at radius 1 is 1.39 bits per heavy atom. The number of aromatic nitrogens is 2. The molecule has 2 N–H and O–H groups in total. The summed E-state index contributed by atoms with van der Waals surface area (Å²) in [5, 5.41) is 2.82. The van der Waals surface area contributed by atoms with Crippen molar-refractivity contribution in [1.29, 1.82) is 0 Å². The Labute approximate surface area is 130 Å². The molecule has 3 rings (SSSR count). The Balaban J connectivity index is 1.69. The number of carbonyl (C=O) groups excluding carboxylic acids is 1. The van der Waals surface area contributed by atoms with Gasteiger partial charge in [0.15, 0.2) is 0 Å². The molecular weight excluding hydrogens is 309 g/mol. The van der Waals surface area contributed by atoms with Crippen LogP contribution in [0.25, 0.3) is 11.0 Å². The molecule has 5 nitrogen and oxygen atoms in total. The second kappa shape index (κ2) is 5.84. The molecule has 0 aliphatic carbocycles. The van der Waals surface area contributed by atoms with Gasteiger partial charge >= 0.3 is 6.18 Å². The van der Waals surface area contributed by atoms with E-state index in [0.717, 1.165) is 5.52 Å². The molecule has 0 radical (unpaired) electrons. The standard InChI is InChI=1S/C15H17F3N4O/c1-22-7-9(5-6-12(22)15(16,17)18)21-14(23)10-3-2-4-11-13(10)20-8-19-11/h2-4,8-9,12H,5-7H2,1H3,(H,19,20)(H,21,23)/t9-,12-/m0/s1. The Morgan fingerprint density at radius 3 is 2.87 bits per heavy atom. The lowest BCUT2D eigenvalue weighted by atomic mass is 9.98. The topological polar surface area (TPSA) is 61.0 Å². The van der Waals surface area contributed by atoms with Gasteiger partial charge in [-0.15, -0.1) is 0 Å². The maximum atomic E-state index is 12.8. The summed E-state index contributed by atoms with van der Waals surface area (Å²) in [6.07, 6.45) is -2.44. The summed E-state index contributed by atoms with van der Waals surface area (Å²) in [7, 11) is 1.44. The molecular formula is C15H17F3N4O. The van der Waals surface area contributed by atoms with Gasteiger partial charge < -0.3 is 10.3 Å². The van der Waals surface area contributed by atoms with Crippen LogP contribution in [0, 0.1) is 0 Å². The summed E-state index contributed by atoms with van der Waals surface area (Å²) in [4.78, 5) is 20.7. The second-order valence-electron chi connectivity index (χ2n) is 5.85. The van der Waals surface area contributed by atoms with Gasteiger partial charge in [0.1, 0.15) is 11.6 Å². The molecule has 2 aromatic rings. The number of rotatable bonds is 2. The molecule has 0 spiro atoms. The normalized spacial score (nSPS) is 23.1. The first-order valence-corrected chi connectivity index (χ1v) is 7.36. The molecule has 1 fully saturated rings. The maximum absolute atomic E-state index is 12.8. The van der Waals surface area contributed by atoms with Crippen LogP contribution in [0.2, 0.25) is 0 Å². The van der Waals surface area contributed by atoms with Crippen molar-refractivity contribution in [3.05, 3.63) is 30.1 Å². The van der Waals surface area contributed by atoms with Crippen LogP contribution < -0.4 is 5.32 Å². The third-order valence-corrected chi connectivity index (χ3v) is 4.24. The third-order valence-electron chi connectivity index (χ3n) is 4.24. The molecule has 1 saturated heterocycles. The van der Waals surface area contributed by atoms with Gasteiger partial charge in [-0.3, -0.25) is 9.69 Å². The van der Waals surface area contributed by atoms with E-state index < -0.39 is 12.2 Å². The average Bonchev–Trinajstić information content (AvgIpc) is 2.94. The molecule has 1 aromatic carbocycles. The number of likely N-dealkylation sites (tertiary alicyclic amines) is 1. The number of amides is 1.